The van der Waals surface area contributed by atoms with E-state index in [9.17, 15) is 4.79 Å². The van der Waals surface area contributed by atoms with E-state index in [-0.39, 0.29) is 30.4 Å². The highest BCUT2D eigenvalue weighted by atomic mass is 35.5. The Hall–Kier alpha value is -1.11. The highest BCUT2D eigenvalue weighted by molar-refractivity contribution is 5.85. The minimum Gasteiger partial charge on any atom is -0.378 e. The van der Waals surface area contributed by atoms with Crippen molar-refractivity contribution in [2.45, 2.75) is 45.7 Å². The summed E-state index contributed by atoms with van der Waals surface area (Å²) in [6, 6.07) is 0.179. The van der Waals surface area contributed by atoms with E-state index >= 15 is 0 Å². The molecule has 1 saturated heterocycles. The maximum atomic E-state index is 12.0. The molecule has 21 heavy (non-hydrogen) atoms. The summed E-state index contributed by atoms with van der Waals surface area (Å²) < 4.78 is 10.5. The van der Waals surface area contributed by atoms with Gasteiger partial charge in [-0.3, -0.25) is 4.79 Å². The van der Waals surface area contributed by atoms with Crippen molar-refractivity contribution in [3.05, 3.63) is 17.0 Å². The van der Waals surface area contributed by atoms with Gasteiger partial charge < -0.3 is 19.9 Å². The molecule has 0 aliphatic carbocycles. The van der Waals surface area contributed by atoms with E-state index in [4.69, 9.17) is 9.26 Å². The lowest BCUT2D eigenvalue weighted by molar-refractivity contribution is -0.122. The number of rotatable bonds is 5. The van der Waals surface area contributed by atoms with Gasteiger partial charge in [-0.2, -0.15) is 0 Å². The number of ether oxygens (including phenoxy) is 1. The van der Waals surface area contributed by atoms with Crippen molar-refractivity contribution in [1.29, 1.82) is 0 Å². The number of aryl methyl sites for hydroxylation is 2. The molecule has 6 nitrogen and oxygen atoms in total. The van der Waals surface area contributed by atoms with Gasteiger partial charge in [0.1, 0.15) is 5.76 Å². The molecule has 0 aromatic carbocycles. The molecule has 1 aromatic rings. The maximum absolute atomic E-state index is 12.0. The van der Waals surface area contributed by atoms with Crippen molar-refractivity contribution in [1.82, 2.24) is 15.8 Å². The number of hydrogen-bond acceptors (Lipinski definition) is 5. The molecular formula is C14H24ClN3O3. The lowest BCUT2D eigenvalue weighted by Gasteiger charge is -2.24. The molecule has 1 aliphatic heterocycles. The molecule has 2 atom stereocenters. The van der Waals surface area contributed by atoms with Gasteiger partial charge in [-0.1, -0.05) is 5.16 Å². The highest BCUT2D eigenvalue weighted by Crippen LogP contribution is 2.14. The van der Waals surface area contributed by atoms with Gasteiger partial charge in [-0.05, 0) is 27.2 Å². The van der Waals surface area contributed by atoms with Crippen LogP contribution in [0.15, 0.2) is 4.52 Å². The summed E-state index contributed by atoms with van der Waals surface area (Å²) in [6.07, 6.45) is 1.19. The van der Waals surface area contributed by atoms with Crippen LogP contribution in [0.2, 0.25) is 0 Å². The second-order valence-corrected chi connectivity index (χ2v) is 5.41. The zero-order valence-corrected chi connectivity index (χ0v) is 13.6. The van der Waals surface area contributed by atoms with Crippen LogP contribution in [0.3, 0.4) is 0 Å². The zero-order chi connectivity index (χ0) is 14.5. The van der Waals surface area contributed by atoms with Crippen LogP contribution < -0.4 is 10.6 Å². The molecule has 0 radical (unpaired) electrons. The molecule has 0 bridgehead atoms. The van der Waals surface area contributed by atoms with E-state index in [0.29, 0.717) is 13.0 Å². The number of nitrogens with zero attached hydrogens (tertiary/aromatic N) is 1. The number of carbonyl (C=O) groups excluding carboxylic acids is 1. The standard InChI is InChI=1S/C14H23N3O3.ClH/c1-9(6-13-10(2)17-20-11(13)3)16-14(18)7-12-8-19-5-4-15-12;/h9,12,15H,4-8H2,1-3H3,(H,16,18);1H. The van der Waals surface area contributed by atoms with E-state index in [1.165, 1.54) is 0 Å². The molecule has 0 saturated carbocycles. The Morgan fingerprint density at radius 3 is 2.86 bits per heavy atom. The fourth-order valence-corrected chi connectivity index (χ4v) is 2.46. The Labute approximate surface area is 131 Å². The predicted molar refractivity (Wildman–Crippen MR) is 81.8 cm³/mol. The van der Waals surface area contributed by atoms with Gasteiger partial charge in [0.2, 0.25) is 5.91 Å². The summed E-state index contributed by atoms with van der Waals surface area (Å²) in [4.78, 5) is 12.0. The molecule has 1 aliphatic rings. The summed E-state index contributed by atoms with van der Waals surface area (Å²) >= 11 is 0. The van der Waals surface area contributed by atoms with Crippen molar-refractivity contribution in [3.8, 4) is 0 Å². The van der Waals surface area contributed by atoms with Crippen LogP contribution in [0.1, 0.15) is 30.4 Å². The van der Waals surface area contributed by atoms with Crippen molar-refractivity contribution >= 4 is 18.3 Å². The number of carbonyl (C=O) groups is 1. The van der Waals surface area contributed by atoms with E-state index in [1.807, 2.05) is 20.8 Å². The van der Waals surface area contributed by atoms with Crippen molar-refractivity contribution in [2.24, 2.45) is 0 Å². The van der Waals surface area contributed by atoms with Crippen LogP contribution >= 0.6 is 12.4 Å². The first kappa shape index (κ1) is 17.9. The first-order valence-electron chi connectivity index (χ1n) is 7.08. The van der Waals surface area contributed by atoms with E-state index in [1.54, 1.807) is 0 Å². The first-order chi connectivity index (χ1) is 9.56. The van der Waals surface area contributed by atoms with Gasteiger partial charge in [-0.25, -0.2) is 0 Å². The topological polar surface area (TPSA) is 76.4 Å². The number of nitrogens with one attached hydrogen (secondary N) is 2. The van der Waals surface area contributed by atoms with Gasteiger partial charge >= 0.3 is 0 Å². The third kappa shape index (κ3) is 5.30. The Balaban J connectivity index is 0.00000220. The van der Waals surface area contributed by atoms with Crippen LogP contribution in [-0.2, 0) is 16.0 Å². The average Bonchev–Trinajstić information content (AvgIpc) is 2.71. The van der Waals surface area contributed by atoms with Crippen LogP contribution in [0.4, 0.5) is 0 Å². The lowest BCUT2D eigenvalue weighted by atomic mass is 10.1. The molecule has 0 spiro atoms. The zero-order valence-electron chi connectivity index (χ0n) is 12.8. The second kappa shape index (κ2) is 8.36. The van der Waals surface area contributed by atoms with Gasteiger partial charge in [0, 0.05) is 30.6 Å². The van der Waals surface area contributed by atoms with E-state index in [0.717, 1.165) is 36.6 Å². The van der Waals surface area contributed by atoms with Gasteiger partial charge in [0.15, 0.2) is 0 Å². The third-order valence-electron chi connectivity index (χ3n) is 3.53. The van der Waals surface area contributed by atoms with Gasteiger partial charge in [0.05, 0.1) is 18.9 Å². The molecule has 2 heterocycles. The van der Waals surface area contributed by atoms with Crippen molar-refractivity contribution < 1.29 is 14.1 Å². The molecule has 1 aromatic heterocycles. The minimum atomic E-state index is 0. The molecule has 1 fully saturated rings. The Bertz CT molecular complexity index is 439. The molecular weight excluding hydrogens is 294 g/mol. The van der Waals surface area contributed by atoms with E-state index < -0.39 is 0 Å². The Kier molecular flexibility index (Phi) is 7.14. The van der Waals surface area contributed by atoms with Gasteiger partial charge in [0.25, 0.3) is 0 Å². The predicted octanol–water partition coefficient (Wildman–Crippen LogP) is 1.14. The number of aromatic nitrogens is 1. The first-order valence-corrected chi connectivity index (χ1v) is 7.08. The summed E-state index contributed by atoms with van der Waals surface area (Å²) in [6.45, 7) is 7.95. The van der Waals surface area contributed by atoms with E-state index in [2.05, 4.69) is 15.8 Å². The highest BCUT2D eigenvalue weighted by Gasteiger charge is 2.19. The smallest absolute Gasteiger partial charge is 0.221 e. The second-order valence-electron chi connectivity index (χ2n) is 5.41. The average molecular weight is 318 g/mol. The molecule has 2 N–H and O–H groups in total. The van der Waals surface area contributed by atoms with Crippen LogP contribution in [0, 0.1) is 13.8 Å². The van der Waals surface area contributed by atoms with Crippen molar-refractivity contribution in [2.75, 3.05) is 19.8 Å². The molecule has 2 rings (SSSR count). The number of amides is 1. The van der Waals surface area contributed by atoms with Crippen LogP contribution in [0.5, 0.6) is 0 Å². The largest absolute Gasteiger partial charge is 0.378 e. The maximum Gasteiger partial charge on any atom is 0.221 e. The number of halogens is 1. The monoisotopic (exact) mass is 317 g/mol. The molecule has 2 unspecified atom stereocenters. The third-order valence-corrected chi connectivity index (χ3v) is 3.53. The quantitative estimate of drug-likeness (QED) is 0.851. The lowest BCUT2D eigenvalue weighted by Crippen LogP contribution is -2.45. The van der Waals surface area contributed by atoms with Crippen LogP contribution in [0.25, 0.3) is 0 Å². The molecule has 120 valence electrons. The number of hydrogen-bond donors (Lipinski definition) is 2. The number of morpholine rings is 1. The molecule has 7 heteroatoms. The fraction of sp³-hybridized carbons (Fsp3) is 0.714. The normalized spacial score (nSPS) is 19.7. The summed E-state index contributed by atoms with van der Waals surface area (Å²) in [7, 11) is 0. The summed E-state index contributed by atoms with van der Waals surface area (Å²) in [5, 5.41) is 10.2. The van der Waals surface area contributed by atoms with Gasteiger partial charge in [-0.15, -0.1) is 12.4 Å². The van der Waals surface area contributed by atoms with Crippen molar-refractivity contribution in [3.63, 3.8) is 0 Å². The summed E-state index contributed by atoms with van der Waals surface area (Å²) in [5.74, 6) is 0.873. The summed E-state index contributed by atoms with van der Waals surface area (Å²) in [5.41, 5.74) is 1.97. The fourth-order valence-electron chi connectivity index (χ4n) is 2.46. The Morgan fingerprint density at radius 1 is 1.52 bits per heavy atom. The Morgan fingerprint density at radius 2 is 2.29 bits per heavy atom. The van der Waals surface area contributed by atoms with Crippen LogP contribution in [-0.4, -0.2) is 42.9 Å². The SMILES string of the molecule is Cc1noc(C)c1CC(C)NC(=O)CC1COCCN1.Cl. The minimum absolute atomic E-state index is 0. The molecule has 1 amide bonds.